The van der Waals surface area contributed by atoms with Crippen LogP contribution in [-0.2, 0) is 4.79 Å². The molecule has 0 aromatic carbocycles. The number of nitrogens with one attached hydrogen (secondary N) is 1. The molecule has 110 valence electrons. The molecule has 0 aromatic rings. The van der Waals surface area contributed by atoms with E-state index in [0.29, 0.717) is 17.3 Å². The van der Waals surface area contributed by atoms with Gasteiger partial charge in [-0.2, -0.15) is 5.26 Å². The molecule has 0 aromatic heterocycles. The molecule has 4 bridgehead atoms. The second-order valence-corrected chi connectivity index (χ2v) is 8.65. The van der Waals surface area contributed by atoms with E-state index in [2.05, 4.69) is 25.2 Å². The standard InChI is InChI=1S/C17H26N2O/c1-12(4-5-18)19-14(20)17-8-13-6-15(2,10-17)9-16(3,7-13)11-17/h12-13H,4,6-11H2,1-3H3,(H,19,20). The zero-order valence-electron chi connectivity index (χ0n) is 13.0. The molecule has 0 aliphatic heterocycles. The first-order valence-corrected chi connectivity index (χ1v) is 7.96. The molecule has 0 spiro atoms. The summed E-state index contributed by atoms with van der Waals surface area (Å²) in [5, 5.41) is 11.9. The second-order valence-electron chi connectivity index (χ2n) is 8.65. The summed E-state index contributed by atoms with van der Waals surface area (Å²) in [6.45, 7) is 6.71. The SMILES string of the molecule is CC(CC#N)NC(=O)C12CC3CC(C)(CC(C)(C3)C1)C2. The Morgan fingerprint density at radius 3 is 2.35 bits per heavy atom. The van der Waals surface area contributed by atoms with Gasteiger partial charge in [0.05, 0.1) is 17.9 Å². The third-order valence-electron chi connectivity index (χ3n) is 5.88. The maximum absolute atomic E-state index is 12.8. The summed E-state index contributed by atoms with van der Waals surface area (Å²) in [6, 6.07) is 2.12. The lowest BCUT2D eigenvalue weighted by Crippen LogP contribution is -2.60. The lowest BCUT2D eigenvalue weighted by molar-refractivity contribution is -0.170. The van der Waals surface area contributed by atoms with Crippen molar-refractivity contribution in [2.24, 2.45) is 22.2 Å². The van der Waals surface area contributed by atoms with E-state index in [4.69, 9.17) is 5.26 Å². The van der Waals surface area contributed by atoms with Gasteiger partial charge in [0.1, 0.15) is 0 Å². The van der Waals surface area contributed by atoms with Crippen LogP contribution >= 0.6 is 0 Å². The predicted octanol–water partition coefficient (Wildman–Crippen LogP) is 3.40. The first-order valence-electron chi connectivity index (χ1n) is 7.96. The summed E-state index contributed by atoms with van der Waals surface area (Å²) >= 11 is 0. The predicted molar refractivity (Wildman–Crippen MR) is 77.7 cm³/mol. The largest absolute Gasteiger partial charge is 0.352 e. The Bertz CT molecular complexity index is 460. The van der Waals surface area contributed by atoms with E-state index in [1.807, 2.05) is 6.92 Å². The van der Waals surface area contributed by atoms with Crippen molar-refractivity contribution < 1.29 is 4.79 Å². The summed E-state index contributed by atoms with van der Waals surface area (Å²) in [4.78, 5) is 12.8. The molecular formula is C17H26N2O. The van der Waals surface area contributed by atoms with Gasteiger partial charge in [0, 0.05) is 6.04 Å². The normalized spacial score (nSPS) is 46.8. The molecule has 3 nitrogen and oxygen atoms in total. The van der Waals surface area contributed by atoms with Gasteiger partial charge in [-0.15, -0.1) is 0 Å². The number of carbonyl (C=O) groups is 1. The van der Waals surface area contributed by atoms with Gasteiger partial charge in [0.15, 0.2) is 0 Å². The van der Waals surface area contributed by atoms with Crippen LogP contribution in [0.15, 0.2) is 0 Å². The monoisotopic (exact) mass is 274 g/mol. The zero-order valence-corrected chi connectivity index (χ0v) is 13.0. The van der Waals surface area contributed by atoms with Crippen molar-refractivity contribution in [1.29, 1.82) is 5.26 Å². The highest BCUT2D eigenvalue weighted by molar-refractivity contribution is 5.83. The second kappa shape index (κ2) is 4.23. The highest BCUT2D eigenvalue weighted by atomic mass is 16.2. The van der Waals surface area contributed by atoms with E-state index in [1.54, 1.807) is 0 Å². The number of amides is 1. The van der Waals surface area contributed by atoms with Crippen LogP contribution in [0.2, 0.25) is 0 Å². The summed E-state index contributed by atoms with van der Waals surface area (Å²) in [7, 11) is 0. The van der Waals surface area contributed by atoms with Crippen molar-refractivity contribution in [3.8, 4) is 6.07 Å². The van der Waals surface area contributed by atoms with E-state index in [1.165, 1.54) is 19.3 Å². The zero-order chi connectivity index (χ0) is 14.6. The van der Waals surface area contributed by atoms with Crippen LogP contribution in [0.25, 0.3) is 0 Å². The van der Waals surface area contributed by atoms with E-state index in [9.17, 15) is 4.79 Å². The topological polar surface area (TPSA) is 52.9 Å². The highest BCUT2D eigenvalue weighted by Gasteiger charge is 2.62. The van der Waals surface area contributed by atoms with Crippen LogP contribution in [0, 0.1) is 33.5 Å². The maximum atomic E-state index is 12.8. The smallest absolute Gasteiger partial charge is 0.226 e. The first kappa shape index (κ1) is 13.9. The van der Waals surface area contributed by atoms with Gasteiger partial charge >= 0.3 is 0 Å². The van der Waals surface area contributed by atoms with Gasteiger partial charge in [-0.05, 0) is 62.2 Å². The van der Waals surface area contributed by atoms with Crippen molar-refractivity contribution in [3.63, 3.8) is 0 Å². The van der Waals surface area contributed by atoms with Gasteiger partial charge in [-0.25, -0.2) is 0 Å². The lowest BCUT2D eigenvalue weighted by Gasteiger charge is -2.64. The molecule has 1 N–H and O–H groups in total. The van der Waals surface area contributed by atoms with Gasteiger partial charge in [-0.3, -0.25) is 4.79 Å². The summed E-state index contributed by atoms with van der Waals surface area (Å²) < 4.78 is 0. The van der Waals surface area contributed by atoms with Crippen LogP contribution in [0.5, 0.6) is 0 Å². The molecule has 3 atom stereocenters. The van der Waals surface area contributed by atoms with Crippen LogP contribution in [0.1, 0.15) is 65.7 Å². The lowest BCUT2D eigenvalue weighted by atomic mass is 9.40. The van der Waals surface area contributed by atoms with Crippen molar-refractivity contribution >= 4 is 5.91 Å². The minimum Gasteiger partial charge on any atom is -0.352 e. The first-order chi connectivity index (χ1) is 9.28. The number of rotatable bonds is 3. The molecule has 4 saturated carbocycles. The van der Waals surface area contributed by atoms with E-state index < -0.39 is 0 Å². The van der Waals surface area contributed by atoms with Gasteiger partial charge in [0.25, 0.3) is 0 Å². The van der Waals surface area contributed by atoms with Gasteiger partial charge in [0.2, 0.25) is 5.91 Å². The minimum atomic E-state index is -0.146. The molecule has 1 amide bonds. The Hall–Kier alpha value is -1.04. The molecule has 4 aliphatic carbocycles. The summed E-state index contributed by atoms with van der Waals surface area (Å²) in [6.07, 6.45) is 7.49. The number of hydrogen-bond donors (Lipinski definition) is 1. The molecule has 3 unspecified atom stereocenters. The highest BCUT2D eigenvalue weighted by Crippen LogP contribution is 2.69. The van der Waals surface area contributed by atoms with Crippen molar-refractivity contribution in [2.75, 3.05) is 0 Å². The average Bonchev–Trinajstić information content (AvgIpc) is 2.23. The van der Waals surface area contributed by atoms with Gasteiger partial charge in [-0.1, -0.05) is 13.8 Å². The molecular weight excluding hydrogens is 248 g/mol. The average molecular weight is 274 g/mol. The molecule has 0 saturated heterocycles. The van der Waals surface area contributed by atoms with Crippen LogP contribution in [0.4, 0.5) is 0 Å². The molecule has 0 heterocycles. The van der Waals surface area contributed by atoms with Gasteiger partial charge < -0.3 is 5.32 Å². The number of nitrogens with zero attached hydrogens (tertiary/aromatic N) is 1. The fourth-order valence-electron chi connectivity index (χ4n) is 6.27. The van der Waals surface area contributed by atoms with Crippen molar-refractivity contribution in [2.45, 2.75) is 71.8 Å². The molecule has 4 aliphatic rings. The third kappa shape index (κ3) is 2.14. The summed E-state index contributed by atoms with van der Waals surface area (Å²) in [5.74, 6) is 0.958. The fraction of sp³-hybridized carbons (Fsp3) is 0.882. The Kier molecular flexibility index (Phi) is 2.94. The molecule has 3 heteroatoms. The quantitative estimate of drug-likeness (QED) is 0.857. The Labute approximate surface area is 122 Å². The molecule has 4 fully saturated rings. The molecule has 20 heavy (non-hydrogen) atoms. The minimum absolute atomic E-state index is 0.0267. The van der Waals surface area contributed by atoms with Crippen LogP contribution in [-0.4, -0.2) is 11.9 Å². The van der Waals surface area contributed by atoms with E-state index in [0.717, 1.165) is 25.2 Å². The van der Waals surface area contributed by atoms with Crippen LogP contribution in [0.3, 0.4) is 0 Å². The Morgan fingerprint density at radius 2 is 1.85 bits per heavy atom. The number of carbonyl (C=O) groups excluding carboxylic acids is 1. The van der Waals surface area contributed by atoms with Crippen LogP contribution < -0.4 is 5.32 Å². The molecule has 4 rings (SSSR count). The van der Waals surface area contributed by atoms with Crippen molar-refractivity contribution in [1.82, 2.24) is 5.32 Å². The van der Waals surface area contributed by atoms with E-state index >= 15 is 0 Å². The Morgan fingerprint density at radius 1 is 1.25 bits per heavy atom. The Balaban J connectivity index is 1.82. The molecule has 0 radical (unpaired) electrons. The maximum Gasteiger partial charge on any atom is 0.226 e. The fourth-order valence-corrected chi connectivity index (χ4v) is 6.27. The van der Waals surface area contributed by atoms with Crippen molar-refractivity contribution in [3.05, 3.63) is 0 Å². The van der Waals surface area contributed by atoms with E-state index in [-0.39, 0.29) is 17.4 Å². The number of hydrogen-bond acceptors (Lipinski definition) is 2. The number of nitriles is 1. The third-order valence-corrected chi connectivity index (χ3v) is 5.88. The summed E-state index contributed by atoms with van der Waals surface area (Å²) in [5.41, 5.74) is 0.584.